The minimum Gasteiger partial charge on any atom is -0.433 e. The fraction of sp³-hybridized carbons (Fsp3) is 0.500. The molecule has 2 N–H and O–H groups in total. The molecule has 12 heteroatoms. The molecule has 0 aliphatic carbocycles. The first-order valence-electron chi connectivity index (χ1n) is 10.1. The Morgan fingerprint density at radius 1 is 1.12 bits per heavy atom. The number of benzene rings is 1. The molecule has 172 valence electrons. The predicted octanol–water partition coefficient (Wildman–Crippen LogP) is 0.472. The van der Waals surface area contributed by atoms with Crippen LogP contribution in [0.2, 0.25) is 0 Å². The van der Waals surface area contributed by atoms with Crippen molar-refractivity contribution in [2.24, 2.45) is 5.73 Å². The quantitative estimate of drug-likeness (QED) is 0.568. The molecule has 4 rings (SSSR count). The number of aromatic nitrogens is 3. The molecule has 2 aromatic rings. The molecule has 0 saturated carbocycles. The summed E-state index contributed by atoms with van der Waals surface area (Å²) in [5.74, 6) is -0.905. The second-order valence-electron chi connectivity index (χ2n) is 7.63. The van der Waals surface area contributed by atoms with Crippen LogP contribution in [-0.4, -0.2) is 83.9 Å². The standard InChI is InChI=1S/C20H25N5O7/c1-24(2)8-9-28-20(27)29-10-13-14-15(32-19(31-14)12-6-4-3-5-7-12)18(30-13)25-11-22-17(23-25)16(21)26/h3-7,11,13-15,18-19H,8-10H2,1-2H3,(H2,21,26)/t13?,14?,15?,18-,19?/m1/s1. The fourth-order valence-electron chi connectivity index (χ4n) is 3.46. The lowest BCUT2D eigenvalue weighted by molar-refractivity contribution is -0.157. The van der Waals surface area contributed by atoms with Crippen molar-refractivity contribution in [3.63, 3.8) is 0 Å². The summed E-state index contributed by atoms with van der Waals surface area (Å²) < 4.78 is 29.8. The van der Waals surface area contributed by atoms with E-state index in [-0.39, 0.29) is 19.0 Å². The van der Waals surface area contributed by atoms with Crippen LogP contribution in [0, 0.1) is 0 Å². The Balaban J connectivity index is 1.45. The number of primary amides is 1. The lowest BCUT2D eigenvalue weighted by atomic mass is 10.1. The van der Waals surface area contributed by atoms with E-state index < -0.39 is 42.9 Å². The van der Waals surface area contributed by atoms with Crippen molar-refractivity contribution in [3.05, 3.63) is 48.0 Å². The average molecular weight is 447 g/mol. The number of rotatable bonds is 8. The lowest BCUT2D eigenvalue weighted by Crippen LogP contribution is -2.33. The van der Waals surface area contributed by atoms with E-state index in [4.69, 9.17) is 29.4 Å². The summed E-state index contributed by atoms with van der Waals surface area (Å²) in [6.45, 7) is 0.670. The Morgan fingerprint density at radius 2 is 1.88 bits per heavy atom. The van der Waals surface area contributed by atoms with Gasteiger partial charge in [-0.2, -0.15) is 0 Å². The number of carbonyl (C=O) groups is 2. The normalized spacial score (nSPS) is 26.8. The van der Waals surface area contributed by atoms with E-state index in [2.05, 4.69) is 10.1 Å². The van der Waals surface area contributed by atoms with Gasteiger partial charge in [0.25, 0.3) is 5.91 Å². The van der Waals surface area contributed by atoms with Gasteiger partial charge in [0.15, 0.2) is 12.5 Å². The van der Waals surface area contributed by atoms with Gasteiger partial charge in [0.05, 0.1) is 0 Å². The number of likely N-dealkylation sites (N-methyl/N-ethyl adjacent to an activating group) is 1. The average Bonchev–Trinajstić information content (AvgIpc) is 3.48. The van der Waals surface area contributed by atoms with Crippen LogP contribution >= 0.6 is 0 Å². The van der Waals surface area contributed by atoms with Crippen LogP contribution in [0.25, 0.3) is 0 Å². The Kier molecular flexibility index (Phi) is 6.65. The number of ether oxygens (including phenoxy) is 5. The first-order valence-corrected chi connectivity index (χ1v) is 10.1. The van der Waals surface area contributed by atoms with Crippen LogP contribution in [0.3, 0.4) is 0 Å². The van der Waals surface area contributed by atoms with E-state index in [0.29, 0.717) is 6.54 Å². The van der Waals surface area contributed by atoms with Gasteiger partial charge in [0.1, 0.15) is 37.9 Å². The third kappa shape index (κ3) is 4.88. The van der Waals surface area contributed by atoms with E-state index in [1.807, 2.05) is 49.3 Å². The molecule has 0 radical (unpaired) electrons. The molecule has 2 aliphatic rings. The van der Waals surface area contributed by atoms with E-state index >= 15 is 0 Å². The highest BCUT2D eigenvalue weighted by Gasteiger charge is 2.54. The second kappa shape index (κ2) is 9.61. The van der Waals surface area contributed by atoms with Gasteiger partial charge in [-0.1, -0.05) is 30.3 Å². The molecule has 0 bridgehead atoms. The maximum atomic E-state index is 11.9. The van der Waals surface area contributed by atoms with Crippen LogP contribution in [-0.2, 0) is 23.7 Å². The van der Waals surface area contributed by atoms with Crippen LogP contribution in [0.15, 0.2) is 36.7 Å². The van der Waals surface area contributed by atoms with Gasteiger partial charge in [-0.3, -0.25) is 4.79 Å². The van der Waals surface area contributed by atoms with Crippen LogP contribution < -0.4 is 5.73 Å². The molecular weight excluding hydrogens is 422 g/mol. The smallest absolute Gasteiger partial charge is 0.433 e. The van der Waals surface area contributed by atoms with E-state index in [0.717, 1.165) is 5.56 Å². The van der Waals surface area contributed by atoms with Crippen molar-refractivity contribution >= 4 is 12.1 Å². The van der Waals surface area contributed by atoms with Gasteiger partial charge in [-0.05, 0) is 14.1 Å². The number of amides is 1. The zero-order valence-electron chi connectivity index (χ0n) is 17.7. The van der Waals surface area contributed by atoms with Gasteiger partial charge < -0.3 is 34.3 Å². The molecule has 0 spiro atoms. The topological polar surface area (TPSA) is 140 Å². The first-order chi connectivity index (χ1) is 15.4. The highest BCUT2D eigenvalue weighted by Crippen LogP contribution is 2.43. The number of hydrogen-bond acceptors (Lipinski definition) is 10. The van der Waals surface area contributed by atoms with Crippen molar-refractivity contribution in [1.82, 2.24) is 19.7 Å². The number of carbonyl (C=O) groups excluding carboxylic acids is 2. The Hall–Kier alpha value is -3.06. The highest BCUT2D eigenvalue weighted by molar-refractivity contribution is 5.88. The molecule has 2 aliphatic heterocycles. The highest BCUT2D eigenvalue weighted by atomic mass is 16.8. The van der Waals surface area contributed by atoms with Gasteiger partial charge in [-0.15, -0.1) is 5.10 Å². The van der Waals surface area contributed by atoms with E-state index in [1.165, 1.54) is 11.0 Å². The van der Waals surface area contributed by atoms with Crippen molar-refractivity contribution in [2.45, 2.75) is 30.8 Å². The van der Waals surface area contributed by atoms with Gasteiger partial charge in [0.2, 0.25) is 5.82 Å². The number of nitrogens with two attached hydrogens (primary N) is 1. The predicted molar refractivity (Wildman–Crippen MR) is 107 cm³/mol. The Morgan fingerprint density at radius 3 is 2.56 bits per heavy atom. The molecule has 4 unspecified atom stereocenters. The molecule has 3 heterocycles. The molecule has 1 aromatic carbocycles. The van der Waals surface area contributed by atoms with Gasteiger partial charge in [0, 0.05) is 12.1 Å². The second-order valence-corrected chi connectivity index (χ2v) is 7.63. The number of fused-ring (bicyclic) bond motifs is 1. The monoisotopic (exact) mass is 447 g/mol. The van der Waals surface area contributed by atoms with Crippen molar-refractivity contribution in [1.29, 1.82) is 0 Å². The SMILES string of the molecule is CN(C)CCOC(=O)OCC1O[C@@H](n2cnc(C(N)=O)n2)C2OC(c3ccccc3)OC12. The Labute approximate surface area is 184 Å². The van der Waals surface area contributed by atoms with Crippen LogP contribution in [0.1, 0.15) is 28.7 Å². The summed E-state index contributed by atoms with van der Waals surface area (Å²) >= 11 is 0. The summed E-state index contributed by atoms with van der Waals surface area (Å²) in [5, 5.41) is 4.07. The number of nitrogens with zero attached hydrogens (tertiary/aromatic N) is 4. The largest absolute Gasteiger partial charge is 0.508 e. The van der Waals surface area contributed by atoms with Crippen molar-refractivity contribution < 1.29 is 33.3 Å². The summed E-state index contributed by atoms with van der Waals surface area (Å²) in [5.41, 5.74) is 6.08. The molecule has 5 atom stereocenters. The third-order valence-electron chi connectivity index (χ3n) is 5.03. The summed E-state index contributed by atoms with van der Waals surface area (Å²) in [7, 11) is 3.74. The summed E-state index contributed by atoms with van der Waals surface area (Å²) in [6.07, 6.45) is -2.65. The van der Waals surface area contributed by atoms with Gasteiger partial charge >= 0.3 is 6.16 Å². The molecule has 12 nitrogen and oxygen atoms in total. The number of hydrogen-bond donors (Lipinski definition) is 1. The van der Waals surface area contributed by atoms with Crippen molar-refractivity contribution in [3.8, 4) is 0 Å². The Bertz CT molecular complexity index is 937. The maximum absolute atomic E-state index is 11.9. The molecule has 1 amide bonds. The minimum absolute atomic E-state index is 0.110. The van der Waals surface area contributed by atoms with Gasteiger partial charge in [-0.25, -0.2) is 14.5 Å². The third-order valence-corrected chi connectivity index (χ3v) is 5.03. The summed E-state index contributed by atoms with van der Waals surface area (Å²) in [6, 6.07) is 9.42. The minimum atomic E-state index is -0.800. The van der Waals surface area contributed by atoms with E-state index in [1.54, 1.807) is 0 Å². The summed E-state index contributed by atoms with van der Waals surface area (Å²) in [4.78, 5) is 29.1. The molecule has 32 heavy (non-hydrogen) atoms. The maximum Gasteiger partial charge on any atom is 0.508 e. The van der Waals surface area contributed by atoms with Crippen molar-refractivity contribution in [2.75, 3.05) is 33.9 Å². The van der Waals surface area contributed by atoms with E-state index in [9.17, 15) is 9.59 Å². The fourth-order valence-corrected chi connectivity index (χ4v) is 3.46. The molecular formula is C20H25N5O7. The van der Waals surface area contributed by atoms with Crippen LogP contribution in [0.5, 0.6) is 0 Å². The zero-order chi connectivity index (χ0) is 22.7. The molecule has 1 aromatic heterocycles. The van der Waals surface area contributed by atoms with Crippen LogP contribution in [0.4, 0.5) is 4.79 Å². The lowest BCUT2D eigenvalue weighted by Gasteiger charge is -2.20. The first kappa shape index (κ1) is 22.1. The zero-order valence-corrected chi connectivity index (χ0v) is 17.7. The molecule has 2 fully saturated rings. The molecule has 2 saturated heterocycles.